The number of rotatable bonds is 4. The van der Waals surface area contributed by atoms with E-state index >= 15 is 0 Å². The summed E-state index contributed by atoms with van der Waals surface area (Å²) in [5.74, 6) is -0.0755. The molecule has 0 N–H and O–H groups in total. The van der Waals surface area contributed by atoms with Gasteiger partial charge in [-0.05, 0) is 59.0 Å². The van der Waals surface area contributed by atoms with E-state index in [2.05, 4.69) is 22.9 Å². The SMILES string of the molecule is O=C(CCc1ccc(F)cc1)N1CCc2sccc2[C@@H]1c1cccs1. The minimum absolute atomic E-state index is 0.0377. The Labute approximate surface area is 154 Å². The third kappa shape index (κ3) is 3.39. The second-order valence-electron chi connectivity index (χ2n) is 6.18. The van der Waals surface area contributed by atoms with Crippen molar-refractivity contribution >= 4 is 28.6 Å². The molecule has 0 aliphatic carbocycles. The Kier molecular flexibility index (Phi) is 4.68. The molecule has 1 aliphatic heterocycles. The van der Waals surface area contributed by atoms with Crippen LogP contribution in [0.1, 0.15) is 33.3 Å². The van der Waals surface area contributed by atoms with Crippen LogP contribution in [-0.4, -0.2) is 17.4 Å². The molecular formula is C20H18FNOS2. The summed E-state index contributed by atoms with van der Waals surface area (Å²) in [5, 5.41) is 4.19. The number of fused-ring (bicyclic) bond motifs is 1. The third-order valence-electron chi connectivity index (χ3n) is 4.64. The van der Waals surface area contributed by atoms with Crippen LogP contribution in [0.5, 0.6) is 0 Å². The van der Waals surface area contributed by atoms with Crippen molar-refractivity contribution in [2.75, 3.05) is 6.54 Å². The van der Waals surface area contributed by atoms with Gasteiger partial charge < -0.3 is 4.90 Å². The van der Waals surface area contributed by atoms with Crippen LogP contribution in [0, 0.1) is 5.82 Å². The van der Waals surface area contributed by atoms with Crippen molar-refractivity contribution in [3.05, 3.63) is 79.9 Å². The molecule has 3 heterocycles. The first-order valence-electron chi connectivity index (χ1n) is 8.36. The standard InChI is InChI=1S/C20H18FNOS2/c21-15-6-3-14(4-7-15)5-8-19(23)22-11-9-17-16(10-13-25-17)20(22)18-2-1-12-24-18/h1-4,6-7,10,12-13,20H,5,8-9,11H2/t20-/m1/s1. The van der Waals surface area contributed by atoms with Crippen molar-refractivity contribution in [2.45, 2.75) is 25.3 Å². The lowest BCUT2D eigenvalue weighted by atomic mass is 9.97. The molecule has 1 amide bonds. The second-order valence-corrected chi connectivity index (χ2v) is 8.16. The molecule has 0 unspecified atom stereocenters. The van der Waals surface area contributed by atoms with Crippen LogP contribution < -0.4 is 0 Å². The maximum atomic E-state index is 13.0. The molecule has 1 aliphatic rings. The van der Waals surface area contributed by atoms with Gasteiger partial charge in [0, 0.05) is 22.7 Å². The molecule has 1 aromatic carbocycles. The summed E-state index contributed by atoms with van der Waals surface area (Å²) in [6, 6.07) is 12.8. The number of benzene rings is 1. The summed E-state index contributed by atoms with van der Waals surface area (Å²) in [4.78, 5) is 17.6. The predicted molar refractivity (Wildman–Crippen MR) is 101 cm³/mol. The summed E-state index contributed by atoms with van der Waals surface area (Å²) in [5.41, 5.74) is 2.27. The highest BCUT2D eigenvalue weighted by atomic mass is 32.1. The van der Waals surface area contributed by atoms with Gasteiger partial charge in [-0.15, -0.1) is 22.7 Å². The van der Waals surface area contributed by atoms with Crippen molar-refractivity contribution < 1.29 is 9.18 Å². The van der Waals surface area contributed by atoms with E-state index in [0.29, 0.717) is 12.8 Å². The molecule has 0 saturated carbocycles. The number of halogens is 1. The Hall–Kier alpha value is -1.98. The zero-order valence-corrected chi connectivity index (χ0v) is 15.3. The fourth-order valence-electron chi connectivity index (χ4n) is 3.38. The number of amides is 1. The largest absolute Gasteiger partial charge is 0.330 e. The van der Waals surface area contributed by atoms with E-state index in [9.17, 15) is 9.18 Å². The van der Waals surface area contributed by atoms with E-state index in [4.69, 9.17) is 0 Å². The highest BCUT2D eigenvalue weighted by Crippen LogP contribution is 2.39. The van der Waals surface area contributed by atoms with Gasteiger partial charge in [0.15, 0.2) is 0 Å². The topological polar surface area (TPSA) is 20.3 Å². The molecule has 2 nitrogen and oxygen atoms in total. The van der Waals surface area contributed by atoms with Gasteiger partial charge >= 0.3 is 0 Å². The number of hydrogen-bond donors (Lipinski definition) is 0. The number of thiophene rings is 2. The number of aryl methyl sites for hydroxylation is 1. The van der Waals surface area contributed by atoms with E-state index in [-0.39, 0.29) is 17.8 Å². The minimum atomic E-state index is -0.242. The number of nitrogens with zero attached hydrogens (tertiary/aromatic N) is 1. The lowest BCUT2D eigenvalue weighted by molar-refractivity contribution is -0.133. The summed E-state index contributed by atoms with van der Waals surface area (Å²) in [6.07, 6.45) is 2.02. The van der Waals surface area contributed by atoms with Crippen molar-refractivity contribution in [3.8, 4) is 0 Å². The van der Waals surface area contributed by atoms with Crippen LogP contribution >= 0.6 is 22.7 Å². The lowest BCUT2D eigenvalue weighted by Gasteiger charge is -2.35. The molecule has 0 spiro atoms. The van der Waals surface area contributed by atoms with Gasteiger partial charge in [-0.1, -0.05) is 18.2 Å². The quantitative estimate of drug-likeness (QED) is 0.628. The Morgan fingerprint density at radius 2 is 1.96 bits per heavy atom. The zero-order chi connectivity index (χ0) is 17.2. The van der Waals surface area contributed by atoms with Crippen LogP contribution in [0.2, 0.25) is 0 Å². The lowest BCUT2D eigenvalue weighted by Crippen LogP contribution is -2.39. The molecule has 0 radical (unpaired) electrons. The van der Waals surface area contributed by atoms with E-state index in [1.54, 1.807) is 34.8 Å². The monoisotopic (exact) mass is 371 g/mol. The molecule has 0 saturated heterocycles. The van der Waals surface area contributed by atoms with E-state index in [1.807, 2.05) is 11.0 Å². The number of hydrogen-bond acceptors (Lipinski definition) is 3. The zero-order valence-electron chi connectivity index (χ0n) is 13.7. The van der Waals surface area contributed by atoms with Crippen molar-refractivity contribution in [2.24, 2.45) is 0 Å². The Balaban J connectivity index is 1.53. The van der Waals surface area contributed by atoms with Crippen LogP contribution in [-0.2, 0) is 17.6 Å². The van der Waals surface area contributed by atoms with Crippen LogP contribution in [0.25, 0.3) is 0 Å². The predicted octanol–water partition coefficient (Wildman–Crippen LogP) is 5.06. The van der Waals surface area contributed by atoms with Gasteiger partial charge in [0.25, 0.3) is 0 Å². The van der Waals surface area contributed by atoms with Gasteiger partial charge in [-0.25, -0.2) is 4.39 Å². The van der Waals surface area contributed by atoms with Gasteiger partial charge in [0.1, 0.15) is 5.82 Å². The Morgan fingerprint density at radius 3 is 2.72 bits per heavy atom. The average molecular weight is 372 g/mol. The van der Waals surface area contributed by atoms with E-state index < -0.39 is 0 Å². The van der Waals surface area contributed by atoms with Crippen LogP contribution in [0.15, 0.2) is 53.2 Å². The van der Waals surface area contributed by atoms with Gasteiger partial charge in [-0.3, -0.25) is 4.79 Å². The molecule has 3 aromatic rings. The molecular weight excluding hydrogens is 353 g/mol. The highest BCUT2D eigenvalue weighted by Gasteiger charge is 2.32. The van der Waals surface area contributed by atoms with E-state index in [0.717, 1.165) is 18.5 Å². The molecule has 1 atom stereocenters. The first-order valence-corrected chi connectivity index (χ1v) is 10.1. The highest BCUT2D eigenvalue weighted by molar-refractivity contribution is 7.10. The third-order valence-corrected chi connectivity index (χ3v) is 6.56. The summed E-state index contributed by atoms with van der Waals surface area (Å²) in [7, 11) is 0. The molecule has 4 rings (SSSR count). The summed E-state index contributed by atoms with van der Waals surface area (Å²) >= 11 is 3.49. The van der Waals surface area contributed by atoms with Crippen molar-refractivity contribution in [1.29, 1.82) is 0 Å². The maximum absolute atomic E-state index is 13.0. The molecule has 2 aromatic heterocycles. The molecule has 128 valence electrons. The normalized spacial score (nSPS) is 16.7. The summed E-state index contributed by atoms with van der Waals surface area (Å²) in [6.45, 7) is 0.762. The Bertz CT molecular complexity index is 854. The fourth-order valence-corrected chi connectivity index (χ4v) is 5.14. The van der Waals surface area contributed by atoms with Gasteiger partial charge in [-0.2, -0.15) is 0 Å². The van der Waals surface area contributed by atoms with Gasteiger partial charge in [0.2, 0.25) is 5.91 Å². The number of carbonyl (C=O) groups excluding carboxylic acids is 1. The number of carbonyl (C=O) groups is 1. The van der Waals surface area contributed by atoms with Crippen LogP contribution in [0.3, 0.4) is 0 Å². The molecule has 0 bridgehead atoms. The van der Waals surface area contributed by atoms with E-state index in [1.165, 1.54) is 27.5 Å². The van der Waals surface area contributed by atoms with Crippen molar-refractivity contribution in [3.63, 3.8) is 0 Å². The summed E-state index contributed by atoms with van der Waals surface area (Å²) < 4.78 is 13.0. The molecule has 0 fully saturated rings. The van der Waals surface area contributed by atoms with Crippen molar-refractivity contribution in [1.82, 2.24) is 4.90 Å². The minimum Gasteiger partial charge on any atom is -0.330 e. The fraction of sp³-hybridized carbons (Fsp3) is 0.250. The Morgan fingerprint density at radius 1 is 1.12 bits per heavy atom. The van der Waals surface area contributed by atoms with Crippen LogP contribution in [0.4, 0.5) is 4.39 Å². The maximum Gasteiger partial charge on any atom is 0.223 e. The second kappa shape index (κ2) is 7.10. The first-order chi connectivity index (χ1) is 12.2. The average Bonchev–Trinajstić information content (AvgIpc) is 3.31. The smallest absolute Gasteiger partial charge is 0.223 e. The molecule has 5 heteroatoms. The van der Waals surface area contributed by atoms with Gasteiger partial charge in [0.05, 0.1) is 6.04 Å². The first kappa shape index (κ1) is 16.5. The molecule has 25 heavy (non-hydrogen) atoms.